The first-order chi connectivity index (χ1) is 11.8. The van der Waals surface area contributed by atoms with Gasteiger partial charge in [-0.1, -0.05) is 0 Å². The summed E-state index contributed by atoms with van der Waals surface area (Å²) in [5.41, 5.74) is 0.488. The summed E-state index contributed by atoms with van der Waals surface area (Å²) in [7, 11) is 0. The SMILES string of the molecule is O=C(c1cn[nH]c1-n1cnnn1)N1CCN(C2CCOCC2)CC1. The van der Waals surface area contributed by atoms with Crippen molar-refractivity contribution in [1.82, 2.24) is 40.2 Å². The first-order valence-corrected chi connectivity index (χ1v) is 8.21. The molecule has 2 saturated heterocycles. The van der Waals surface area contributed by atoms with Crippen molar-refractivity contribution in [3.8, 4) is 5.82 Å². The van der Waals surface area contributed by atoms with Gasteiger partial charge in [0.05, 0.1) is 6.20 Å². The molecular weight excluding hydrogens is 312 g/mol. The van der Waals surface area contributed by atoms with Crippen LogP contribution in [-0.2, 0) is 4.74 Å². The van der Waals surface area contributed by atoms with Crippen LogP contribution >= 0.6 is 0 Å². The topological polar surface area (TPSA) is 105 Å². The number of tetrazole rings is 1. The van der Waals surface area contributed by atoms with Crippen LogP contribution in [-0.4, -0.2) is 91.5 Å². The first kappa shape index (κ1) is 15.2. The highest BCUT2D eigenvalue weighted by molar-refractivity contribution is 5.97. The number of ether oxygens (including phenoxy) is 1. The molecule has 10 heteroatoms. The molecule has 2 aliphatic rings. The Bertz CT molecular complexity index is 671. The van der Waals surface area contributed by atoms with Crippen molar-refractivity contribution in [1.29, 1.82) is 0 Å². The number of H-pyrrole nitrogens is 1. The molecule has 2 aromatic heterocycles. The van der Waals surface area contributed by atoms with Crippen LogP contribution in [0.5, 0.6) is 0 Å². The van der Waals surface area contributed by atoms with Gasteiger partial charge in [-0.3, -0.25) is 14.8 Å². The highest BCUT2D eigenvalue weighted by Crippen LogP contribution is 2.18. The van der Waals surface area contributed by atoms with Crippen LogP contribution in [0.1, 0.15) is 23.2 Å². The zero-order valence-corrected chi connectivity index (χ0v) is 13.3. The van der Waals surface area contributed by atoms with Gasteiger partial charge in [0.2, 0.25) is 0 Å². The normalized spacial score (nSPS) is 20.4. The molecule has 4 rings (SSSR count). The minimum Gasteiger partial charge on any atom is -0.381 e. The minimum atomic E-state index is -0.0409. The lowest BCUT2D eigenvalue weighted by Crippen LogP contribution is -2.53. The number of piperazine rings is 1. The maximum atomic E-state index is 12.8. The summed E-state index contributed by atoms with van der Waals surface area (Å²) in [4.78, 5) is 17.2. The Kier molecular flexibility index (Phi) is 4.22. The van der Waals surface area contributed by atoms with E-state index in [1.807, 2.05) is 4.90 Å². The molecule has 0 unspecified atom stereocenters. The van der Waals surface area contributed by atoms with Crippen LogP contribution in [0.3, 0.4) is 0 Å². The minimum absolute atomic E-state index is 0.0409. The van der Waals surface area contributed by atoms with E-state index >= 15 is 0 Å². The zero-order valence-electron chi connectivity index (χ0n) is 13.3. The van der Waals surface area contributed by atoms with Gasteiger partial charge in [-0.15, -0.1) is 5.10 Å². The molecule has 4 heterocycles. The van der Waals surface area contributed by atoms with Gasteiger partial charge in [-0.2, -0.15) is 9.78 Å². The molecule has 0 aromatic carbocycles. The van der Waals surface area contributed by atoms with Crippen LogP contribution in [0.25, 0.3) is 5.82 Å². The number of nitrogens with one attached hydrogen (secondary N) is 1. The summed E-state index contributed by atoms with van der Waals surface area (Å²) in [6, 6.07) is 0.585. The number of carbonyl (C=O) groups excluding carboxylic acids is 1. The van der Waals surface area contributed by atoms with E-state index < -0.39 is 0 Å². The molecule has 1 amide bonds. The average molecular weight is 332 g/mol. The molecule has 128 valence electrons. The molecule has 0 atom stereocenters. The van der Waals surface area contributed by atoms with Crippen LogP contribution in [0.4, 0.5) is 0 Å². The number of nitrogens with zero attached hydrogens (tertiary/aromatic N) is 7. The van der Waals surface area contributed by atoms with Crippen molar-refractivity contribution in [2.24, 2.45) is 0 Å². The predicted octanol–water partition coefficient (Wildman–Crippen LogP) is -0.678. The Labute approximate surface area is 138 Å². The second kappa shape index (κ2) is 6.65. The molecule has 10 nitrogen and oxygen atoms in total. The van der Waals surface area contributed by atoms with E-state index in [1.165, 1.54) is 17.2 Å². The number of carbonyl (C=O) groups is 1. The van der Waals surface area contributed by atoms with Gasteiger partial charge in [0.25, 0.3) is 5.91 Å². The summed E-state index contributed by atoms with van der Waals surface area (Å²) < 4.78 is 6.84. The summed E-state index contributed by atoms with van der Waals surface area (Å²) >= 11 is 0. The van der Waals surface area contributed by atoms with Gasteiger partial charge in [-0.25, -0.2) is 0 Å². The van der Waals surface area contributed by atoms with E-state index in [0.29, 0.717) is 17.4 Å². The fourth-order valence-electron chi connectivity index (χ4n) is 3.39. The molecule has 0 bridgehead atoms. The fraction of sp³-hybridized carbons (Fsp3) is 0.643. The summed E-state index contributed by atoms with van der Waals surface area (Å²) in [6.45, 7) is 4.91. The second-order valence-electron chi connectivity index (χ2n) is 6.06. The Morgan fingerprint density at radius 3 is 2.71 bits per heavy atom. The van der Waals surface area contributed by atoms with E-state index in [1.54, 1.807) is 0 Å². The second-order valence-corrected chi connectivity index (χ2v) is 6.06. The van der Waals surface area contributed by atoms with Crippen molar-refractivity contribution in [2.75, 3.05) is 39.4 Å². The summed E-state index contributed by atoms with van der Waals surface area (Å²) in [6.07, 6.45) is 5.13. The third kappa shape index (κ3) is 2.89. The average Bonchev–Trinajstić information content (AvgIpc) is 3.33. The first-order valence-electron chi connectivity index (χ1n) is 8.21. The molecule has 1 N–H and O–H groups in total. The zero-order chi connectivity index (χ0) is 16.4. The Balaban J connectivity index is 1.41. The highest BCUT2D eigenvalue weighted by Gasteiger charge is 2.29. The Hall–Kier alpha value is -2.33. The Morgan fingerprint density at radius 1 is 1.21 bits per heavy atom. The lowest BCUT2D eigenvalue weighted by Gasteiger charge is -2.40. The number of rotatable bonds is 3. The quantitative estimate of drug-likeness (QED) is 0.794. The molecule has 0 aliphatic carbocycles. The maximum Gasteiger partial charge on any atom is 0.259 e. The number of amides is 1. The summed E-state index contributed by atoms with van der Waals surface area (Å²) in [5.74, 6) is 0.456. The molecule has 2 fully saturated rings. The molecule has 0 spiro atoms. The maximum absolute atomic E-state index is 12.8. The lowest BCUT2D eigenvalue weighted by molar-refractivity contribution is 0.0137. The van der Waals surface area contributed by atoms with Crippen LogP contribution in [0.15, 0.2) is 12.5 Å². The van der Waals surface area contributed by atoms with Gasteiger partial charge in [0.15, 0.2) is 5.82 Å². The standard InChI is InChI=1S/C14H20N8O2/c23-14(12-9-15-17-13(12)22-10-16-18-19-22)21-5-3-20(4-6-21)11-1-7-24-8-2-11/h9-11H,1-8H2,(H,15,17). The molecule has 0 radical (unpaired) electrons. The van der Waals surface area contributed by atoms with Crippen LogP contribution in [0, 0.1) is 0 Å². The van der Waals surface area contributed by atoms with Crippen LogP contribution < -0.4 is 0 Å². The van der Waals surface area contributed by atoms with Crippen molar-refractivity contribution in [3.05, 3.63) is 18.1 Å². The Morgan fingerprint density at radius 2 is 2.00 bits per heavy atom. The fourth-order valence-corrected chi connectivity index (χ4v) is 3.39. The smallest absolute Gasteiger partial charge is 0.259 e. The van der Waals surface area contributed by atoms with E-state index in [4.69, 9.17) is 4.74 Å². The molecule has 24 heavy (non-hydrogen) atoms. The van der Waals surface area contributed by atoms with Crippen molar-refractivity contribution in [3.63, 3.8) is 0 Å². The largest absolute Gasteiger partial charge is 0.381 e. The van der Waals surface area contributed by atoms with Gasteiger partial charge in [0, 0.05) is 45.4 Å². The number of aromatic nitrogens is 6. The molecular formula is C14H20N8O2. The van der Waals surface area contributed by atoms with Gasteiger partial charge in [0.1, 0.15) is 11.9 Å². The number of hydrogen-bond acceptors (Lipinski definition) is 7. The highest BCUT2D eigenvalue weighted by atomic mass is 16.5. The molecule has 0 saturated carbocycles. The molecule has 2 aliphatic heterocycles. The van der Waals surface area contributed by atoms with E-state index in [-0.39, 0.29) is 5.91 Å². The van der Waals surface area contributed by atoms with Crippen molar-refractivity contribution < 1.29 is 9.53 Å². The lowest BCUT2D eigenvalue weighted by atomic mass is 10.1. The van der Waals surface area contributed by atoms with Crippen molar-refractivity contribution in [2.45, 2.75) is 18.9 Å². The predicted molar refractivity (Wildman–Crippen MR) is 82.6 cm³/mol. The van der Waals surface area contributed by atoms with Crippen LogP contribution in [0.2, 0.25) is 0 Å². The van der Waals surface area contributed by atoms with Gasteiger partial charge in [-0.05, 0) is 23.3 Å². The third-order valence-corrected chi connectivity index (χ3v) is 4.74. The van der Waals surface area contributed by atoms with E-state index in [2.05, 4.69) is 30.6 Å². The summed E-state index contributed by atoms with van der Waals surface area (Å²) in [5, 5.41) is 17.8. The van der Waals surface area contributed by atoms with Crippen molar-refractivity contribution >= 4 is 5.91 Å². The third-order valence-electron chi connectivity index (χ3n) is 4.74. The van der Waals surface area contributed by atoms with E-state index in [0.717, 1.165) is 52.2 Å². The van der Waals surface area contributed by atoms with E-state index in [9.17, 15) is 4.79 Å². The monoisotopic (exact) mass is 332 g/mol. The molecule has 2 aromatic rings. The number of aromatic amines is 1. The number of hydrogen-bond donors (Lipinski definition) is 1. The van der Waals surface area contributed by atoms with Gasteiger partial charge < -0.3 is 9.64 Å². The van der Waals surface area contributed by atoms with Gasteiger partial charge >= 0.3 is 0 Å².